The van der Waals surface area contributed by atoms with Crippen molar-refractivity contribution in [3.63, 3.8) is 0 Å². The van der Waals surface area contributed by atoms with E-state index in [2.05, 4.69) is 21.3 Å². The summed E-state index contributed by atoms with van der Waals surface area (Å²) < 4.78 is 27.6. The van der Waals surface area contributed by atoms with E-state index in [0.717, 1.165) is 29.7 Å². The summed E-state index contributed by atoms with van der Waals surface area (Å²) in [5, 5.41) is 22.6. The topological polar surface area (TPSA) is 123 Å². The van der Waals surface area contributed by atoms with Gasteiger partial charge in [0.15, 0.2) is 0 Å². The molecule has 1 unspecified atom stereocenters. The number of rotatable bonds is 13. The number of urea groups is 2. The Bertz CT molecular complexity index is 1430. The summed E-state index contributed by atoms with van der Waals surface area (Å²) in [6.45, 7) is 4.79. The van der Waals surface area contributed by atoms with Crippen molar-refractivity contribution in [1.29, 1.82) is 0 Å². The van der Waals surface area contributed by atoms with Crippen LogP contribution in [0.1, 0.15) is 37.8 Å². The molecule has 5 N–H and O–H groups in total. The third-order valence-electron chi connectivity index (χ3n) is 7.80. The second-order valence-electron chi connectivity index (χ2n) is 11.7. The Hall–Kier alpha value is -4.51. The van der Waals surface area contributed by atoms with Crippen LogP contribution in [0.3, 0.4) is 0 Å². The van der Waals surface area contributed by atoms with E-state index < -0.39 is 41.9 Å². The van der Waals surface area contributed by atoms with Gasteiger partial charge in [-0.25, -0.2) is 18.4 Å². The van der Waals surface area contributed by atoms with Crippen LogP contribution < -0.4 is 21.3 Å². The number of aliphatic hydroxyl groups excluding tert-OH is 1. The van der Waals surface area contributed by atoms with Crippen molar-refractivity contribution in [3.05, 3.63) is 102 Å². The van der Waals surface area contributed by atoms with Crippen LogP contribution in [0, 0.1) is 17.6 Å². The second-order valence-corrected chi connectivity index (χ2v) is 11.7. The zero-order valence-electron chi connectivity index (χ0n) is 25.5. The molecule has 240 valence electrons. The Balaban J connectivity index is 1.54. The van der Waals surface area contributed by atoms with E-state index in [1.54, 1.807) is 4.90 Å². The third kappa shape index (κ3) is 9.74. The van der Waals surface area contributed by atoms with Gasteiger partial charge in [-0.15, -0.1) is 0 Å². The molecule has 1 heterocycles. The molecule has 9 nitrogen and oxygen atoms in total. The fourth-order valence-electron chi connectivity index (χ4n) is 5.62. The number of amides is 5. The van der Waals surface area contributed by atoms with Crippen molar-refractivity contribution < 1.29 is 28.3 Å². The van der Waals surface area contributed by atoms with Gasteiger partial charge in [0.2, 0.25) is 5.91 Å². The van der Waals surface area contributed by atoms with Gasteiger partial charge in [0, 0.05) is 25.2 Å². The van der Waals surface area contributed by atoms with Crippen molar-refractivity contribution in [2.45, 2.75) is 63.8 Å². The van der Waals surface area contributed by atoms with Gasteiger partial charge in [0.05, 0.1) is 17.8 Å². The Kier molecular flexibility index (Phi) is 11.9. The van der Waals surface area contributed by atoms with E-state index in [9.17, 15) is 28.3 Å². The first kappa shape index (κ1) is 33.4. The SMILES string of the molecule is CC(C)[C@@H](C(=O)N[C@@H](Cc1ccccc1)C[C@H](O)C(Cc1ccccc1)NC(=O)Nc1ccc(F)cc1F)N1CCCNC1=O. The van der Waals surface area contributed by atoms with Crippen LogP contribution in [0.25, 0.3) is 0 Å². The van der Waals surface area contributed by atoms with Gasteiger partial charge in [-0.05, 0) is 54.9 Å². The second kappa shape index (κ2) is 16.0. The smallest absolute Gasteiger partial charge is 0.319 e. The van der Waals surface area contributed by atoms with Gasteiger partial charge >= 0.3 is 12.1 Å². The Morgan fingerprint density at radius 2 is 1.58 bits per heavy atom. The number of nitrogens with one attached hydrogen (secondary N) is 4. The highest BCUT2D eigenvalue weighted by atomic mass is 19.1. The number of carbonyl (C=O) groups excluding carboxylic acids is 3. The maximum absolute atomic E-state index is 14.2. The van der Waals surface area contributed by atoms with E-state index >= 15 is 0 Å². The summed E-state index contributed by atoms with van der Waals surface area (Å²) in [4.78, 5) is 40.9. The van der Waals surface area contributed by atoms with Crippen LogP contribution in [0.2, 0.25) is 0 Å². The quantitative estimate of drug-likeness (QED) is 0.191. The first-order valence-corrected chi connectivity index (χ1v) is 15.2. The predicted octanol–water partition coefficient (Wildman–Crippen LogP) is 4.62. The van der Waals surface area contributed by atoms with E-state index in [4.69, 9.17) is 0 Å². The summed E-state index contributed by atoms with van der Waals surface area (Å²) in [6.07, 6.45) is 0.298. The number of hydrogen-bond acceptors (Lipinski definition) is 4. The molecule has 0 saturated carbocycles. The van der Waals surface area contributed by atoms with Crippen molar-refractivity contribution in [2.24, 2.45) is 5.92 Å². The third-order valence-corrected chi connectivity index (χ3v) is 7.80. The summed E-state index contributed by atoms with van der Waals surface area (Å²) in [7, 11) is 0. The lowest BCUT2D eigenvalue weighted by molar-refractivity contribution is -0.128. The highest BCUT2D eigenvalue weighted by molar-refractivity contribution is 5.89. The molecule has 1 saturated heterocycles. The summed E-state index contributed by atoms with van der Waals surface area (Å²) in [5.41, 5.74) is 1.57. The van der Waals surface area contributed by atoms with Gasteiger partial charge in [0.25, 0.3) is 0 Å². The molecule has 4 rings (SSSR count). The predicted molar refractivity (Wildman–Crippen MR) is 168 cm³/mol. The zero-order chi connectivity index (χ0) is 32.3. The molecule has 0 bridgehead atoms. The molecule has 1 aliphatic rings. The number of aliphatic hydroxyl groups is 1. The lowest BCUT2D eigenvalue weighted by Gasteiger charge is -2.37. The van der Waals surface area contributed by atoms with Gasteiger partial charge in [-0.2, -0.15) is 0 Å². The average molecular weight is 622 g/mol. The Morgan fingerprint density at radius 1 is 0.933 bits per heavy atom. The first-order valence-electron chi connectivity index (χ1n) is 15.2. The van der Waals surface area contributed by atoms with Crippen LogP contribution in [-0.2, 0) is 17.6 Å². The Morgan fingerprint density at radius 3 is 2.18 bits per heavy atom. The van der Waals surface area contributed by atoms with Gasteiger partial charge < -0.3 is 31.3 Å². The molecule has 0 aromatic heterocycles. The largest absolute Gasteiger partial charge is 0.391 e. The van der Waals surface area contributed by atoms with Crippen molar-refractivity contribution in [2.75, 3.05) is 18.4 Å². The summed E-state index contributed by atoms with van der Waals surface area (Å²) >= 11 is 0. The number of halogens is 2. The molecule has 3 aromatic rings. The van der Waals surface area contributed by atoms with Crippen molar-refractivity contribution in [1.82, 2.24) is 20.9 Å². The van der Waals surface area contributed by atoms with Gasteiger partial charge in [-0.3, -0.25) is 4.79 Å². The number of anilines is 1. The molecule has 11 heteroatoms. The number of benzene rings is 3. The molecule has 1 fully saturated rings. The minimum atomic E-state index is -1.14. The lowest BCUT2D eigenvalue weighted by atomic mass is 9.93. The normalized spacial score (nSPS) is 15.9. The first-order chi connectivity index (χ1) is 21.6. The van der Waals surface area contributed by atoms with E-state index in [1.165, 1.54) is 0 Å². The Labute approximate surface area is 262 Å². The maximum atomic E-state index is 14.2. The molecule has 45 heavy (non-hydrogen) atoms. The van der Waals surface area contributed by atoms with Crippen LogP contribution in [-0.4, -0.2) is 65.3 Å². The van der Waals surface area contributed by atoms with Crippen molar-refractivity contribution >= 4 is 23.7 Å². The van der Waals surface area contributed by atoms with Crippen LogP contribution in [0.15, 0.2) is 78.9 Å². The van der Waals surface area contributed by atoms with E-state index in [0.29, 0.717) is 25.6 Å². The molecular weight excluding hydrogens is 580 g/mol. The van der Waals surface area contributed by atoms with Gasteiger partial charge in [0.1, 0.15) is 17.7 Å². The minimum Gasteiger partial charge on any atom is -0.391 e. The molecule has 0 spiro atoms. The van der Waals surface area contributed by atoms with Crippen LogP contribution >= 0.6 is 0 Å². The highest BCUT2D eigenvalue weighted by Crippen LogP contribution is 2.19. The molecule has 1 aliphatic heterocycles. The monoisotopic (exact) mass is 621 g/mol. The average Bonchev–Trinajstić information content (AvgIpc) is 3.00. The summed E-state index contributed by atoms with van der Waals surface area (Å²) in [5.74, 6) is -2.20. The number of carbonyl (C=O) groups is 3. The molecule has 0 radical (unpaired) electrons. The van der Waals surface area contributed by atoms with Gasteiger partial charge in [-0.1, -0.05) is 74.5 Å². The van der Waals surface area contributed by atoms with E-state index in [1.807, 2.05) is 74.5 Å². The fraction of sp³-hybridized carbons (Fsp3) is 0.382. The standard InChI is InChI=1S/C34H41F2N5O4/c1-22(2)31(41-17-9-16-37-34(41)45)32(43)38-26(18-23-10-5-3-6-11-23)21-30(42)29(19-24-12-7-4-8-13-24)40-33(44)39-28-15-14-25(35)20-27(28)36/h3-8,10-15,20,22,26,29-31,42H,9,16-19,21H2,1-2H3,(H,37,45)(H,38,43)(H2,39,40,44)/t26-,29?,30-,31-/m0/s1. The number of nitrogens with zero attached hydrogens (tertiary/aromatic N) is 1. The fourth-order valence-corrected chi connectivity index (χ4v) is 5.62. The molecule has 4 atom stereocenters. The highest BCUT2D eigenvalue weighted by Gasteiger charge is 2.35. The molecule has 5 amide bonds. The summed E-state index contributed by atoms with van der Waals surface area (Å²) in [6, 6.07) is 18.4. The molecular formula is C34H41F2N5O4. The van der Waals surface area contributed by atoms with Crippen LogP contribution in [0.4, 0.5) is 24.1 Å². The number of hydrogen-bond donors (Lipinski definition) is 5. The van der Waals surface area contributed by atoms with Crippen molar-refractivity contribution in [3.8, 4) is 0 Å². The molecule has 0 aliphatic carbocycles. The van der Waals surface area contributed by atoms with Crippen LogP contribution in [0.5, 0.6) is 0 Å². The maximum Gasteiger partial charge on any atom is 0.319 e. The lowest BCUT2D eigenvalue weighted by Crippen LogP contribution is -2.59. The minimum absolute atomic E-state index is 0.0698. The van der Waals surface area contributed by atoms with E-state index in [-0.39, 0.29) is 36.4 Å². The molecule has 3 aromatic carbocycles. The zero-order valence-corrected chi connectivity index (χ0v) is 25.5.